The van der Waals surface area contributed by atoms with Crippen LogP contribution < -0.4 is 0 Å². The Hall–Kier alpha value is -0.570. The Morgan fingerprint density at radius 1 is 1.33 bits per heavy atom. The summed E-state index contributed by atoms with van der Waals surface area (Å²) in [6.45, 7) is 2.42. The third-order valence-electron chi connectivity index (χ3n) is 3.88. The van der Waals surface area contributed by atoms with Crippen molar-refractivity contribution in [1.29, 1.82) is 0 Å². The van der Waals surface area contributed by atoms with Gasteiger partial charge >= 0.3 is 0 Å². The summed E-state index contributed by atoms with van der Waals surface area (Å²) < 4.78 is 5.03. The lowest BCUT2D eigenvalue weighted by Gasteiger charge is -2.32. The summed E-state index contributed by atoms with van der Waals surface area (Å²) >= 11 is 0. The van der Waals surface area contributed by atoms with Crippen molar-refractivity contribution in [3.8, 4) is 0 Å². The molecular weight excluding hydrogens is 190 g/mol. The van der Waals surface area contributed by atoms with E-state index in [1.807, 2.05) is 4.90 Å². The van der Waals surface area contributed by atoms with Crippen LogP contribution in [0, 0.1) is 5.41 Å². The van der Waals surface area contributed by atoms with E-state index < -0.39 is 0 Å². The van der Waals surface area contributed by atoms with Gasteiger partial charge in [0.1, 0.15) is 0 Å². The molecule has 0 atom stereocenters. The molecule has 15 heavy (non-hydrogen) atoms. The van der Waals surface area contributed by atoms with E-state index in [-0.39, 0.29) is 0 Å². The zero-order valence-corrected chi connectivity index (χ0v) is 9.63. The van der Waals surface area contributed by atoms with Crippen molar-refractivity contribution in [2.45, 2.75) is 38.5 Å². The Morgan fingerprint density at radius 3 is 2.73 bits per heavy atom. The molecule has 2 rings (SSSR count). The van der Waals surface area contributed by atoms with E-state index >= 15 is 0 Å². The Kier molecular flexibility index (Phi) is 3.29. The Bertz CT molecular complexity index is 234. The molecule has 1 saturated carbocycles. The number of carbonyl (C=O) groups excluding carboxylic acids is 1. The van der Waals surface area contributed by atoms with E-state index in [4.69, 9.17) is 4.74 Å². The number of nitrogens with zero attached hydrogens (tertiary/aromatic N) is 1. The standard InChI is InChI=1S/C12H21NO2/c1-15-8-7-13-10-12(9-11(13)14)5-3-2-4-6-12/h2-10H2,1H3. The lowest BCUT2D eigenvalue weighted by Crippen LogP contribution is -2.32. The highest BCUT2D eigenvalue weighted by Gasteiger charge is 2.42. The molecule has 3 heteroatoms. The summed E-state index contributed by atoms with van der Waals surface area (Å²) in [5, 5.41) is 0. The fraction of sp³-hybridized carbons (Fsp3) is 0.917. The first-order valence-corrected chi connectivity index (χ1v) is 6.02. The van der Waals surface area contributed by atoms with Crippen LogP contribution in [-0.4, -0.2) is 37.6 Å². The van der Waals surface area contributed by atoms with Crippen molar-refractivity contribution in [2.24, 2.45) is 5.41 Å². The van der Waals surface area contributed by atoms with E-state index in [0.29, 0.717) is 17.9 Å². The Balaban J connectivity index is 1.92. The maximum atomic E-state index is 11.8. The minimum atomic E-state index is 0.336. The van der Waals surface area contributed by atoms with Gasteiger partial charge in [-0.2, -0.15) is 0 Å². The average Bonchev–Trinajstić information content (AvgIpc) is 2.53. The van der Waals surface area contributed by atoms with Gasteiger partial charge in [0.05, 0.1) is 6.61 Å². The maximum Gasteiger partial charge on any atom is 0.223 e. The Morgan fingerprint density at radius 2 is 2.07 bits per heavy atom. The van der Waals surface area contributed by atoms with Crippen molar-refractivity contribution in [1.82, 2.24) is 4.90 Å². The molecule has 86 valence electrons. The number of likely N-dealkylation sites (tertiary alicyclic amines) is 1. The van der Waals surface area contributed by atoms with E-state index in [1.54, 1.807) is 7.11 Å². The largest absolute Gasteiger partial charge is 0.383 e. The van der Waals surface area contributed by atoms with Gasteiger partial charge in [-0.25, -0.2) is 0 Å². The second-order valence-corrected chi connectivity index (χ2v) is 5.05. The highest BCUT2D eigenvalue weighted by molar-refractivity contribution is 5.79. The lowest BCUT2D eigenvalue weighted by atomic mass is 9.73. The van der Waals surface area contributed by atoms with Crippen LogP contribution in [0.15, 0.2) is 0 Å². The van der Waals surface area contributed by atoms with Gasteiger partial charge in [0, 0.05) is 26.6 Å². The molecule has 0 unspecified atom stereocenters. The number of hydrogen-bond acceptors (Lipinski definition) is 2. The highest BCUT2D eigenvalue weighted by Crippen LogP contribution is 2.43. The molecular formula is C12H21NO2. The number of ether oxygens (including phenoxy) is 1. The molecule has 1 heterocycles. The molecule has 0 bridgehead atoms. The van der Waals surface area contributed by atoms with Crippen molar-refractivity contribution < 1.29 is 9.53 Å². The second kappa shape index (κ2) is 4.52. The number of amides is 1. The zero-order valence-electron chi connectivity index (χ0n) is 9.63. The Labute approximate surface area is 91.8 Å². The smallest absolute Gasteiger partial charge is 0.223 e. The summed E-state index contributed by atoms with van der Waals surface area (Å²) in [4.78, 5) is 13.8. The molecule has 1 amide bonds. The SMILES string of the molecule is COCCN1CC2(CCCCC2)CC1=O. The third-order valence-corrected chi connectivity index (χ3v) is 3.88. The molecule has 1 spiro atoms. The molecule has 3 nitrogen and oxygen atoms in total. The van der Waals surface area contributed by atoms with Gasteiger partial charge in [0.25, 0.3) is 0 Å². The minimum Gasteiger partial charge on any atom is -0.383 e. The van der Waals surface area contributed by atoms with Crippen LogP contribution in [0.25, 0.3) is 0 Å². The fourth-order valence-corrected chi connectivity index (χ4v) is 3.02. The average molecular weight is 211 g/mol. The van der Waals surface area contributed by atoms with Crippen molar-refractivity contribution >= 4 is 5.91 Å². The first kappa shape index (κ1) is 10.9. The van der Waals surface area contributed by atoms with Gasteiger partial charge in [-0.3, -0.25) is 4.79 Å². The van der Waals surface area contributed by atoms with Crippen molar-refractivity contribution in [2.75, 3.05) is 26.8 Å². The third kappa shape index (κ3) is 2.33. The summed E-state index contributed by atoms with van der Waals surface area (Å²) in [5.74, 6) is 0.342. The van der Waals surface area contributed by atoms with E-state index in [9.17, 15) is 4.79 Å². The first-order valence-electron chi connectivity index (χ1n) is 6.02. The molecule has 1 aliphatic carbocycles. The predicted octanol–water partition coefficient (Wildman–Crippen LogP) is 1.82. The molecule has 2 fully saturated rings. The molecule has 0 aromatic heterocycles. The van der Waals surface area contributed by atoms with E-state index in [1.165, 1.54) is 32.1 Å². The maximum absolute atomic E-state index is 11.8. The van der Waals surface area contributed by atoms with Crippen LogP contribution in [0.3, 0.4) is 0 Å². The summed E-state index contributed by atoms with van der Waals surface area (Å²) in [5.41, 5.74) is 0.336. The van der Waals surface area contributed by atoms with Crippen LogP contribution in [0.2, 0.25) is 0 Å². The number of carbonyl (C=O) groups is 1. The van der Waals surface area contributed by atoms with E-state index in [2.05, 4.69) is 0 Å². The number of methoxy groups -OCH3 is 1. The lowest BCUT2D eigenvalue weighted by molar-refractivity contribution is -0.128. The zero-order chi connectivity index (χ0) is 10.7. The molecule has 0 radical (unpaired) electrons. The fourth-order valence-electron chi connectivity index (χ4n) is 3.02. The molecule has 0 aromatic rings. The highest BCUT2D eigenvalue weighted by atomic mass is 16.5. The molecule has 2 aliphatic rings. The van der Waals surface area contributed by atoms with Gasteiger partial charge in [-0.1, -0.05) is 19.3 Å². The number of hydrogen-bond donors (Lipinski definition) is 0. The predicted molar refractivity (Wildman–Crippen MR) is 58.6 cm³/mol. The van der Waals surface area contributed by atoms with Gasteiger partial charge in [0.2, 0.25) is 5.91 Å². The summed E-state index contributed by atoms with van der Waals surface area (Å²) in [6, 6.07) is 0. The number of rotatable bonds is 3. The van der Waals surface area contributed by atoms with Crippen LogP contribution >= 0.6 is 0 Å². The van der Waals surface area contributed by atoms with Crippen molar-refractivity contribution in [3.05, 3.63) is 0 Å². The first-order chi connectivity index (χ1) is 7.26. The summed E-state index contributed by atoms with van der Waals surface area (Å²) in [7, 11) is 1.69. The normalized spacial score (nSPS) is 25.1. The van der Waals surface area contributed by atoms with Gasteiger partial charge < -0.3 is 9.64 Å². The molecule has 1 saturated heterocycles. The summed E-state index contributed by atoms with van der Waals surface area (Å²) in [6.07, 6.45) is 7.27. The van der Waals surface area contributed by atoms with Crippen LogP contribution in [-0.2, 0) is 9.53 Å². The van der Waals surface area contributed by atoms with Gasteiger partial charge in [-0.05, 0) is 18.3 Å². The van der Waals surface area contributed by atoms with E-state index in [0.717, 1.165) is 19.5 Å². The monoisotopic (exact) mass is 211 g/mol. The molecule has 0 N–H and O–H groups in total. The van der Waals surface area contributed by atoms with Crippen LogP contribution in [0.4, 0.5) is 0 Å². The second-order valence-electron chi connectivity index (χ2n) is 5.05. The topological polar surface area (TPSA) is 29.5 Å². The van der Waals surface area contributed by atoms with Crippen LogP contribution in [0.1, 0.15) is 38.5 Å². The van der Waals surface area contributed by atoms with Crippen molar-refractivity contribution in [3.63, 3.8) is 0 Å². The molecule has 1 aliphatic heterocycles. The molecule has 0 aromatic carbocycles. The van der Waals surface area contributed by atoms with Crippen LogP contribution in [0.5, 0.6) is 0 Å². The minimum absolute atomic E-state index is 0.336. The van der Waals surface area contributed by atoms with Gasteiger partial charge in [-0.15, -0.1) is 0 Å². The van der Waals surface area contributed by atoms with Gasteiger partial charge in [0.15, 0.2) is 0 Å². The quantitative estimate of drug-likeness (QED) is 0.712.